The molecule has 0 aromatic heterocycles. The molecule has 2 rings (SSSR count). The van der Waals surface area contributed by atoms with Gasteiger partial charge in [-0.3, -0.25) is 4.79 Å². The van der Waals surface area contributed by atoms with Crippen LogP contribution in [0.5, 0.6) is 0 Å². The van der Waals surface area contributed by atoms with Crippen LogP contribution in [0.3, 0.4) is 0 Å². The molecule has 1 aromatic rings. The number of thioether (sulfide) groups is 1. The first-order chi connectivity index (χ1) is 7.27. The van der Waals surface area contributed by atoms with Gasteiger partial charge in [0.05, 0.1) is 0 Å². The molecule has 1 nitrogen and oxygen atoms in total. The number of carbonyl (C=O) groups is 1. The summed E-state index contributed by atoms with van der Waals surface area (Å²) < 4.78 is 0. The molecule has 1 aromatic carbocycles. The standard InChI is InChI=1S/C13H16OS/c1-10(12-8-5-9-13(12)14)15-11-6-3-2-4-7-11/h2-4,6-7,10,12H,5,8-9H2,1H3. The summed E-state index contributed by atoms with van der Waals surface area (Å²) in [7, 11) is 0. The predicted molar refractivity (Wildman–Crippen MR) is 64.1 cm³/mol. The third kappa shape index (κ3) is 2.63. The Morgan fingerprint density at radius 2 is 2.07 bits per heavy atom. The normalized spacial score (nSPS) is 23.0. The van der Waals surface area contributed by atoms with E-state index in [4.69, 9.17) is 0 Å². The quantitative estimate of drug-likeness (QED) is 0.725. The lowest BCUT2D eigenvalue weighted by molar-refractivity contribution is -0.120. The first kappa shape index (κ1) is 10.7. The molecule has 1 saturated carbocycles. The van der Waals surface area contributed by atoms with Crippen LogP contribution in [-0.2, 0) is 4.79 Å². The van der Waals surface area contributed by atoms with Crippen LogP contribution in [0.2, 0.25) is 0 Å². The maximum absolute atomic E-state index is 11.6. The first-order valence-corrected chi connectivity index (χ1v) is 6.40. The SMILES string of the molecule is CC(Sc1ccccc1)C1CCCC1=O. The lowest BCUT2D eigenvalue weighted by Crippen LogP contribution is -2.17. The minimum absolute atomic E-state index is 0.287. The van der Waals surface area contributed by atoms with Crippen LogP contribution >= 0.6 is 11.8 Å². The number of Topliss-reactive ketones (excluding diaryl/α,β-unsaturated/α-hetero) is 1. The first-order valence-electron chi connectivity index (χ1n) is 5.52. The summed E-state index contributed by atoms with van der Waals surface area (Å²) in [5, 5.41) is 0.419. The second-order valence-corrected chi connectivity index (χ2v) is 5.55. The number of hydrogen-bond donors (Lipinski definition) is 0. The largest absolute Gasteiger partial charge is 0.299 e. The zero-order chi connectivity index (χ0) is 10.7. The topological polar surface area (TPSA) is 17.1 Å². The number of rotatable bonds is 3. The Kier molecular flexibility index (Phi) is 3.47. The van der Waals surface area contributed by atoms with Crippen molar-refractivity contribution in [3.8, 4) is 0 Å². The Balaban J connectivity index is 1.97. The van der Waals surface area contributed by atoms with Crippen molar-refractivity contribution in [3.63, 3.8) is 0 Å². The minimum Gasteiger partial charge on any atom is -0.299 e. The molecule has 15 heavy (non-hydrogen) atoms. The molecule has 0 N–H and O–H groups in total. The number of ketones is 1. The second-order valence-electron chi connectivity index (χ2n) is 4.10. The molecule has 0 aliphatic heterocycles. The van der Waals surface area contributed by atoms with Crippen molar-refractivity contribution in [3.05, 3.63) is 30.3 Å². The highest BCUT2D eigenvalue weighted by Gasteiger charge is 2.29. The lowest BCUT2D eigenvalue weighted by atomic mass is 10.0. The summed E-state index contributed by atoms with van der Waals surface area (Å²) in [6.07, 6.45) is 2.97. The summed E-state index contributed by atoms with van der Waals surface area (Å²) in [5.74, 6) is 0.751. The molecule has 1 aliphatic rings. The average molecular weight is 220 g/mol. The highest BCUT2D eigenvalue weighted by atomic mass is 32.2. The van der Waals surface area contributed by atoms with Gasteiger partial charge in [0.1, 0.15) is 5.78 Å². The maximum Gasteiger partial charge on any atom is 0.137 e. The van der Waals surface area contributed by atoms with Crippen molar-refractivity contribution < 1.29 is 4.79 Å². The summed E-state index contributed by atoms with van der Waals surface area (Å²) >= 11 is 1.82. The van der Waals surface area contributed by atoms with E-state index >= 15 is 0 Å². The van der Waals surface area contributed by atoms with Gasteiger partial charge in [-0.15, -0.1) is 11.8 Å². The molecule has 2 heteroatoms. The highest BCUT2D eigenvalue weighted by Crippen LogP contribution is 2.34. The monoisotopic (exact) mass is 220 g/mol. The minimum atomic E-state index is 0.287. The van der Waals surface area contributed by atoms with Gasteiger partial charge in [0.25, 0.3) is 0 Å². The number of carbonyl (C=O) groups excluding carboxylic acids is 1. The second kappa shape index (κ2) is 4.84. The van der Waals surface area contributed by atoms with Crippen LogP contribution in [0.1, 0.15) is 26.2 Å². The summed E-state index contributed by atoms with van der Waals surface area (Å²) in [6.45, 7) is 2.17. The van der Waals surface area contributed by atoms with Gasteiger partial charge in [0.15, 0.2) is 0 Å². The van der Waals surface area contributed by atoms with E-state index in [1.807, 2.05) is 30.0 Å². The zero-order valence-corrected chi connectivity index (χ0v) is 9.80. The molecule has 0 heterocycles. The molecule has 2 unspecified atom stereocenters. The van der Waals surface area contributed by atoms with E-state index in [1.165, 1.54) is 4.90 Å². The van der Waals surface area contributed by atoms with Crippen molar-refractivity contribution in [2.75, 3.05) is 0 Å². The maximum atomic E-state index is 11.6. The van der Waals surface area contributed by atoms with Crippen LogP contribution in [0.4, 0.5) is 0 Å². The van der Waals surface area contributed by atoms with E-state index in [0.717, 1.165) is 19.3 Å². The van der Waals surface area contributed by atoms with Crippen LogP contribution in [0.25, 0.3) is 0 Å². The molecule has 2 atom stereocenters. The van der Waals surface area contributed by atoms with Gasteiger partial charge in [-0.25, -0.2) is 0 Å². The molecule has 0 amide bonds. The third-order valence-corrected chi connectivity index (χ3v) is 4.23. The van der Waals surface area contributed by atoms with Crippen LogP contribution in [-0.4, -0.2) is 11.0 Å². The van der Waals surface area contributed by atoms with Gasteiger partial charge in [0, 0.05) is 22.5 Å². The molecule has 80 valence electrons. The van der Waals surface area contributed by atoms with E-state index in [-0.39, 0.29) is 5.92 Å². The summed E-state index contributed by atoms with van der Waals surface area (Å²) in [6, 6.07) is 10.3. The van der Waals surface area contributed by atoms with Crippen molar-refractivity contribution in [2.45, 2.75) is 36.3 Å². The van der Waals surface area contributed by atoms with Gasteiger partial charge in [-0.2, -0.15) is 0 Å². The Hall–Kier alpha value is -0.760. The average Bonchev–Trinajstić information content (AvgIpc) is 2.66. The van der Waals surface area contributed by atoms with Crippen LogP contribution < -0.4 is 0 Å². The molecule has 0 saturated heterocycles. The highest BCUT2D eigenvalue weighted by molar-refractivity contribution is 8.00. The zero-order valence-electron chi connectivity index (χ0n) is 8.98. The Labute approximate surface area is 95.3 Å². The van der Waals surface area contributed by atoms with E-state index in [9.17, 15) is 4.79 Å². The molecular weight excluding hydrogens is 204 g/mol. The van der Waals surface area contributed by atoms with E-state index in [0.29, 0.717) is 11.0 Å². The van der Waals surface area contributed by atoms with E-state index < -0.39 is 0 Å². The smallest absolute Gasteiger partial charge is 0.137 e. The Bertz CT molecular complexity index is 334. The summed E-state index contributed by atoms with van der Waals surface area (Å²) in [4.78, 5) is 12.9. The predicted octanol–water partition coefficient (Wildman–Crippen LogP) is 3.54. The fraction of sp³-hybridized carbons (Fsp3) is 0.462. The third-order valence-electron chi connectivity index (χ3n) is 2.98. The number of benzene rings is 1. The molecule has 0 spiro atoms. The fourth-order valence-corrected chi connectivity index (χ4v) is 3.33. The van der Waals surface area contributed by atoms with Gasteiger partial charge in [0.2, 0.25) is 0 Å². The molecule has 1 fully saturated rings. The van der Waals surface area contributed by atoms with E-state index in [2.05, 4.69) is 19.1 Å². The van der Waals surface area contributed by atoms with Gasteiger partial charge >= 0.3 is 0 Å². The van der Waals surface area contributed by atoms with Crippen LogP contribution in [0.15, 0.2) is 35.2 Å². The Morgan fingerprint density at radius 3 is 2.67 bits per heavy atom. The van der Waals surface area contributed by atoms with Gasteiger partial charge in [-0.1, -0.05) is 25.1 Å². The molecular formula is C13H16OS. The molecule has 1 aliphatic carbocycles. The molecule has 0 bridgehead atoms. The van der Waals surface area contributed by atoms with Crippen molar-refractivity contribution >= 4 is 17.5 Å². The van der Waals surface area contributed by atoms with Gasteiger partial charge in [-0.05, 0) is 25.0 Å². The summed E-state index contributed by atoms with van der Waals surface area (Å²) in [5.41, 5.74) is 0. The van der Waals surface area contributed by atoms with Gasteiger partial charge < -0.3 is 0 Å². The number of hydrogen-bond acceptors (Lipinski definition) is 2. The lowest BCUT2D eigenvalue weighted by Gasteiger charge is -2.16. The van der Waals surface area contributed by atoms with Crippen molar-refractivity contribution in [1.29, 1.82) is 0 Å². The van der Waals surface area contributed by atoms with Crippen LogP contribution in [0, 0.1) is 5.92 Å². The van der Waals surface area contributed by atoms with Crippen molar-refractivity contribution in [1.82, 2.24) is 0 Å². The fourth-order valence-electron chi connectivity index (χ4n) is 2.13. The van der Waals surface area contributed by atoms with E-state index in [1.54, 1.807) is 0 Å². The molecule has 0 radical (unpaired) electrons. The van der Waals surface area contributed by atoms with Crippen molar-refractivity contribution in [2.24, 2.45) is 5.92 Å². The Morgan fingerprint density at radius 1 is 1.33 bits per heavy atom.